The predicted octanol–water partition coefficient (Wildman–Crippen LogP) is 12.8. The molecule has 0 aromatic heterocycles. The number of carbonyl (C=O) groups excluding carboxylic acids is 1. The topological polar surface area (TPSA) is 55.8 Å². The number of rotatable bonds is 35. The molecule has 0 heterocycles. The van der Waals surface area contributed by atoms with Gasteiger partial charge in [0, 0.05) is 13.0 Å². The quantitative estimate of drug-likeness (QED) is 0.0415. The molecule has 0 aliphatic heterocycles. The zero-order valence-electron chi connectivity index (χ0n) is 31.2. The second-order valence-corrected chi connectivity index (χ2v) is 12.6. The normalized spacial score (nSPS) is 13.3. The lowest BCUT2D eigenvalue weighted by atomic mass is 10.1. The second kappa shape index (κ2) is 40.7. The summed E-state index contributed by atoms with van der Waals surface area (Å²) >= 11 is 0. The number of allylic oxidation sites excluding steroid dienone is 14. The number of carbonyl (C=O) groups is 1. The lowest BCUT2D eigenvalue weighted by Crippen LogP contribution is -2.27. The number of esters is 1. The van der Waals surface area contributed by atoms with Crippen molar-refractivity contribution in [1.29, 1.82) is 0 Å². The smallest absolute Gasteiger partial charge is 0.306 e. The van der Waals surface area contributed by atoms with Gasteiger partial charge in [-0.05, 0) is 70.6 Å². The number of hydrogen-bond donors (Lipinski definition) is 1. The molecular weight excluding hydrogens is 592 g/mol. The Morgan fingerprint density at radius 3 is 1.40 bits per heavy atom. The minimum absolute atomic E-state index is 0.189. The van der Waals surface area contributed by atoms with E-state index in [2.05, 4.69) is 98.9 Å². The second-order valence-electron chi connectivity index (χ2n) is 12.6. The van der Waals surface area contributed by atoms with Gasteiger partial charge in [0.15, 0.2) is 0 Å². The Balaban J connectivity index is 3.60. The van der Waals surface area contributed by atoms with Crippen LogP contribution in [0.5, 0.6) is 0 Å². The van der Waals surface area contributed by atoms with Crippen LogP contribution in [0.4, 0.5) is 0 Å². The fraction of sp³-hybridized carbons (Fsp3) is 0.659. The van der Waals surface area contributed by atoms with Crippen LogP contribution in [0.2, 0.25) is 0 Å². The third-order valence-electron chi connectivity index (χ3n) is 7.98. The van der Waals surface area contributed by atoms with E-state index in [1.165, 1.54) is 64.2 Å². The molecule has 4 nitrogen and oxygen atoms in total. The van der Waals surface area contributed by atoms with Gasteiger partial charge in [-0.2, -0.15) is 0 Å². The average Bonchev–Trinajstić information content (AvgIpc) is 3.09. The minimum atomic E-state index is -0.554. The van der Waals surface area contributed by atoms with E-state index in [4.69, 9.17) is 9.47 Å². The lowest BCUT2D eigenvalue weighted by Gasteiger charge is -2.15. The van der Waals surface area contributed by atoms with E-state index in [1.54, 1.807) is 0 Å². The van der Waals surface area contributed by atoms with E-state index in [0.717, 1.165) is 77.0 Å². The highest BCUT2D eigenvalue weighted by Gasteiger charge is 2.13. The molecule has 0 aliphatic rings. The third-order valence-corrected chi connectivity index (χ3v) is 7.98. The number of unbranched alkanes of at least 4 members (excludes halogenated alkanes) is 13. The summed E-state index contributed by atoms with van der Waals surface area (Å²) in [5.74, 6) is -0.236. The van der Waals surface area contributed by atoms with Crippen molar-refractivity contribution >= 4 is 5.97 Å². The molecule has 1 atom stereocenters. The lowest BCUT2D eigenvalue weighted by molar-refractivity contribution is -0.154. The molecule has 0 amide bonds. The Kier molecular flexibility index (Phi) is 38.7. The van der Waals surface area contributed by atoms with Crippen molar-refractivity contribution < 1.29 is 19.4 Å². The van der Waals surface area contributed by atoms with E-state index in [9.17, 15) is 9.90 Å². The van der Waals surface area contributed by atoms with E-state index in [1.807, 2.05) is 0 Å². The van der Waals surface area contributed by atoms with E-state index < -0.39 is 6.10 Å². The molecule has 274 valence electrons. The first-order valence-electron chi connectivity index (χ1n) is 19.7. The zero-order valence-corrected chi connectivity index (χ0v) is 31.2. The largest absolute Gasteiger partial charge is 0.457 e. The van der Waals surface area contributed by atoms with Crippen LogP contribution in [0.1, 0.15) is 162 Å². The standard InChI is InChI=1S/C44H74O4/c1-3-5-7-9-11-13-15-16-17-18-19-20-21-22-23-24-25-26-27-28-29-31-33-35-37-39-44(46)48-43(41-45)42-47-40-38-36-34-32-30-14-12-10-8-6-4-2/h5,7,11,13,16-17,19-20,22-23,25-26,28-29,43,45H,3-4,6,8-10,12,14-15,18,21,24,27,30-42H2,1-2H3/b7-5-,13-11-,17-16-,20-19-,23-22-,26-25-,29-28-. The van der Waals surface area contributed by atoms with Gasteiger partial charge in [-0.15, -0.1) is 0 Å². The number of ether oxygens (including phenoxy) is 2. The van der Waals surface area contributed by atoms with Gasteiger partial charge in [-0.3, -0.25) is 4.79 Å². The van der Waals surface area contributed by atoms with Crippen molar-refractivity contribution in [2.45, 2.75) is 168 Å². The molecule has 4 heteroatoms. The van der Waals surface area contributed by atoms with Crippen molar-refractivity contribution in [1.82, 2.24) is 0 Å². The number of aliphatic hydroxyl groups is 1. The fourth-order valence-corrected chi connectivity index (χ4v) is 5.07. The summed E-state index contributed by atoms with van der Waals surface area (Å²) in [6, 6.07) is 0. The van der Waals surface area contributed by atoms with E-state index in [-0.39, 0.29) is 19.2 Å². The van der Waals surface area contributed by atoms with Crippen molar-refractivity contribution in [3.05, 3.63) is 85.1 Å². The van der Waals surface area contributed by atoms with Gasteiger partial charge in [0.1, 0.15) is 6.10 Å². The molecule has 0 bridgehead atoms. The number of hydrogen-bond acceptors (Lipinski definition) is 4. The van der Waals surface area contributed by atoms with Crippen molar-refractivity contribution in [3.63, 3.8) is 0 Å². The molecular formula is C44H74O4. The highest BCUT2D eigenvalue weighted by Crippen LogP contribution is 2.12. The van der Waals surface area contributed by atoms with E-state index >= 15 is 0 Å². The Labute approximate surface area is 297 Å². The first-order valence-corrected chi connectivity index (χ1v) is 19.7. The Morgan fingerprint density at radius 2 is 0.938 bits per heavy atom. The molecule has 0 saturated carbocycles. The van der Waals surface area contributed by atoms with E-state index in [0.29, 0.717) is 13.0 Å². The van der Waals surface area contributed by atoms with Gasteiger partial charge in [0.05, 0.1) is 13.2 Å². The minimum Gasteiger partial charge on any atom is -0.457 e. The van der Waals surface area contributed by atoms with Crippen LogP contribution in [-0.2, 0) is 14.3 Å². The van der Waals surface area contributed by atoms with Gasteiger partial charge < -0.3 is 14.6 Å². The van der Waals surface area contributed by atoms with Crippen LogP contribution in [0, 0.1) is 0 Å². The summed E-state index contributed by atoms with van der Waals surface area (Å²) in [7, 11) is 0. The zero-order chi connectivity index (χ0) is 34.9. The highest BCUT2D eigenvalue weighted by atomic mass is 16.6. The van der Waals surface area contributed by atoms with Gasteiger partial charge in [-0.25, -0.2) is 0 Å². The Morgan fingerprint density at radius 1 is 0.521 bits per heavy atom. The molecule has 1 N–H and O–H groups in total. The van der Waals surface area contributed by atoms with Crippen molar-refractivity contribution in [3.8, 4) is 0 Å². The summed E-state index contributed by atoms with van der Waals surface area (Å²) < 4.78 is 11.1. The summed E-state index contributed by atoms with van der Waals surface area (Å²) in [5.41, 5.74) is 0. The van der Waals surface area contributed by atoms with Crippen LogP contribution in [0.25, 0.3) is 0 Å². The first kappa shape index (κ1) is 45.6. The maximum atomic E-state index is 12.2. The molecule has 0 aromatic rings. The molecule has 0 aliphatic carbocycles. The van der Waals surface area contributed by atoms with Crippen LogP contribution in [0.3, 0.4) is 0 Å². The van der Waals surface area contributed by atoms with Crippen LogP contribution >= 0.6 is 0 Å². The average molecular weight is 667 g/mol. The van der Waals surface area contributed by atoms with Crippen LogP contribution < -0.4 is 0 Å². The number of aliphatic hydroxyl groups excluding tert-OH is 1. The van der Waals surface area contributed by atoms with Crippen LogP contribution in [-0.4, -0.2) is 37.0 Å². The molecule has 48 heavy (non-hydrogen) atoms. The highest BCUT2D eigenvalue weighted by molar-refractivity contribution is 5.69. The van der Waals surface area contributed by atoms with Gasteiger partial charge in [-0.1, -0.05) is 170 Å². The predicted molar refractivity (Wildman–Crippen MR) is 209 cm³/mol. The van der Waals surface area contributed by atoms with Crippen molar-refractivity contribution in [2.75, 3.05) is 19.8 Å². The molecule has 0 fully saturated rings. The first-order chi connectivity index (χ1) is 23.7. The monoisotopic (exact) mass is 667 g/mol. The Bertz CT molecular complexity index is 876. The molecule has 0 saturated heterocycles. The van der Waals surface area contributed by atoms with Crippen LogP contribution in [0.15, 0.2) is 85.1 Å². The molecule has 0 rings (SSSR count). The Hall–Kier alpha value is -2.43. The summed E-state index contributed by atoms with van der Waals surface area (Å²) in [6.07, 6.45) is 56.3. The maximum absolute atomic E-state index is 12.2. The SMILES string of the molecule is CC/C=C\C/C=C\C/C=C\C/C=C\C/C=C\C/C=C\C/C=C\CCCCCC(=O)OC(CO)COCCCCCCCCCCCCC. The summed E-state index contributed by atoms with van der Waals surface area (Å²) in [5, 5.41) is 9.55. The van der Waals surface area contributed by atoms with Gasteiger partial charge in [0.25, 0.3) is 0 Å². The van der Waals surface area contributed by atoms with Gasteiger partial charge in [0.2, 0.25) is 0 Å². The summed E-state index contributed by atoms with van der Waals surface area (Å²) in [4.78, 5) is 12.2. The molecule has 0 radical (unpaired) electrons. The summed E-state index contributed by atoms with van der Waals surface area (Å²) in [6.45, 7) is 5.18. The molecule has 1 unspecified atom stereocenters. The third kappa shape index (κ3) is 38.0. The van der Waals surface area contributed by atoms with Crippen molar-refractivity contribution in [2.24, 2.45) is 0 Å². The maximum Gasteiger partial charge on any atom is 0.306 e. The fourth-order valence-electron chi connectivity index (χ4n) is 5.07. The molecule has 0 spiro atoms. The molecule has 0 aromatic carbocycles. The van der Waals surface area contributed by atoms with Gasteiger partial charge >= 0.3 is 5.97 Å².